The molecule has 18 heavy (non-hydrogen) atoms. The van der Waals surface area contributed by atoms with E-state index in [9.17, 15) is 9.59 Å². The summed E-state index contributed by atoms with van der Waals surface area (Å²) >= 11 is 0. The van der Waals surface area contributed by atoms with Crippen molar-refractivity contribution in [1.82, 2.24) is 5.16 Å². The molecule has 1 amide bonds. The van der Waals surface area contributed by atoms with Gasteiger partial charge in [0.05, 0.1) is 17.5 Å². The van der Waals surface area contributed by atoms with Gasteiger partial charge in [-0.1, -0.05) is 18.0 Å². The zero-order valence-corrected chi connectivity index (χ0v) is 10.2. The van der Waals surface area contributed by atoms with Crippen molar-refractivity contribution >= 4 is 17.8 Å². The van der Waals surface area contributed by atoms with Crippen LogP contribution in [0.3, 0.4) is 0 Å². The van der Waals surface area contributed by atoms with Gasteiger partial charge in [-0.05, 0) is 19.8 Å². The molecule has 1 fully saturated rings. The van der Waals surface area contributed by atoms with E-state index in [4.69, 9.17) is 9.63 Å². The van der Waals surface area contributed by atoms with Crippen LogP contribution in [0.1, 0.15) is 31.4 Å². The predicted octanol–water partition coefficient (Wildman–Crippen LogP) is 1.81. The molecule has 6 heteroatoms. The summed E-state index contributed by atoms with van der Waals surface area (Å²) in [5.74, 6) is -2.00. The Bertz CT molecular complexity index is 455. The fraction of sp³-hybridized carbons (Fsp3) is 0.583. The third kappa shape index (κ3) is 2.69. The summed E-state index contributed by atoms with van der Waals surface area (Å²) in [7, 11) is 0. The molecular formula is C12H16N2O4. The first-order valence-electron chi connectivity index (χ1n) is 6.05. The number of aryl methyl sites for hydroxylation is 1. The quantitative estimate of drug-likeness (QED) is 0.855. The SMILES string of the molecule is Cc1cc(NC(=O)[C@@H]2CCCC[C@@H]2C(=O)O)on1. The molecule has 2 N–H and O–H groups in total. The van der Waals surface area contributed by atoms with Crippen LogP contribution in [0.5, 0.6) is 0 Å². The van der Waals surface area contributed by atoms with Crippen LogP contribution in [-0.4, -0.2) is 22.1 Å². The monoisotopic (exact) mass is 252 g/mol. The molecule has 1 saturated carbocycles. The lowest BCUT2D eigenvalue weighted by Crippen LogP contribution is -2.35. The van der Waals surface area contributed by atoms with Gasteiger partial charge in [-0.3, -0.25) is 14.9 Å². The average molecular weight is 252 g/mol. The molecule has 1 heterocycles. The Morgan fingerprint density at radius 3 is 2.61 bits per heavy atom. The Morgan fingerprint density at radius 1 is 1.39 bits per heavy atom. The molecule has 98 valence electrons. The second kappa shape index (κ2) is 5.20. The molecule has 0 spiro atoms. The van der Waals surface area contributed by atoms with Crippen molar-refractivity contribution in [3.63, 3.8) is 0 Å². The molecular weight excluding hydrogens is 236 g/mol. The van der Waals surface area contributed by atoms with Gasteiger partial charge >= 0.3 is 5.97 Å². The van der Waals surface area contributed by atoms with Gasteiger partial charge in [-0.15, -0.1) is 0 Å². The highest BCUT2D eigenvalue weighted by Crippen LogP contribution is 2.31. The average Bonchev–Trinajstić information content (AvgIpc) is 2.74. The summed E-state index contributed by atoms with van der Waals surface area (Å²) in [5, 5.41) is 15.4. The molecule has 1 aliphatic carbocycles. The Hall–Kier alpha value is -1.85. The van der Waals surface area contributed by atoms with E-state index < -0.39 is 17.8 Å². The van der Waals surface area contributed by atoms with E-state index in [1.165, 1.54) is 0 Å². The van der Waals surface area contributed by atoms with Gasteiger partial charge in [-0.2, -0.15) is 0 Å². The summed E-state index contributed by atoms with van der Waals surface area (Å²) < 4.78 is 4.89. The zero-order chi connectivity index (χ0) is 13.1. The molecule has 6 nitrogen and oxygen atoms in total. The van der Waals surface area contributed by atoms with Crippen molar-refractivity contribution in [3.05, 3.63) is 11.8 Å². The van der Waals surface area contributed by atoms with E-state index in [-0.39, 0.29) is 11.8 Å². The first-order valence-corrected chi connectivity index (χ1v) is 6.05. The number of aliphatic carboxylic acids is 1. The number of nitrogens with zero attached hydrogens (tertiary/aromatic N) is 1. The lowest BCUT2D eigenvalue weighted by atomic mass is 9.79. The van der Waals surface area contributed by atoms with Crippen LogP contribution in [0.4, 0.5) is 5.88 Å². The van der Waals surface area contributed by atoms with E-state index >= 15 is 0 Å². The summed E-state index contributed by atoms with van der Waals surface area (Å²) in [6.45, 7) is 1.75. The number of hydrogen-bond acceptors (Lipinski definition) is 4. The second-order valence-electron chi connectivity index (χ2n) is 4.66. The van der Waals surface area contributed by atoms with Crippen molar-refractivity contribution in [1.29, 1.82) is 0 Å². The molecule has 2 rings (SSSR count). The van der Waals surface area contributed by atoms with E-state index in [1.54, 1.807) is 13.0 Å². The molecule has 0 bridgehead atoms. The summed E-state index contributed by atoms with van der Waals surface area (Å²) in [4.78, 5) is 23.1. The van der Waals surface area contributed by atoms with Crippen molar-refractivity contribution in [2.75, 3.05) is 5.32 Å². The predicted molar refractivity (Wildman–Crippen MR) is 63.0 cm³/mol. The minimum atomic E-state index is -0.899. The number of carboxylic acids is 1. The standard InChI is InChI=1S/C12H16N2O4/c1-7-6-10(18-14-7)13-11(15)8-4-2-3-5-9(8)12(16)17/h6,8-9H,2-5H2,1H3,(H,13,15)(H,16,17)/t8-,9+/m1/s1. The van der Waals surface area contributed by atoms with Gasteiger partial charge in [0.2, 0.25) is 11.8 Å². The number of carboxylic acid groups (broad SMARTS) is 1. The van der Waals surface area contributed by atoms with E-state index in [2.05, 4.69) is 10.5 Å². The Kier molecular flexibility index (Phi) is 3.64. The van der Waals surface area contributed by atoms with Crippen LogP contribution in [0.25, 0.3) is 0 Å². The molecule has 2 atom stereocenters. The lowest BCUT2D eigenvalue weighted by Gasteiger charge is -2.26. The number of amides is 1. The highest BCUT2D eigenvalue weighted by molar-refractivity contribution is 5.94. The Labute approximate surface area is 104 Å². The van der Waals surface area contributed by atoms with Gasteiger partial charge in [0.15, 0.2) is 0 Å². The normalized spacial score (nSPS) is 23.6. The third-order valence-corrected chi connectivity index (χ3v) is 3.29. The first kappa shape index (κ1) is 12.6. The maximum Gasteiger partial charge on any atom is 0.307 e. The van der Waals surface area contributed by atoms with Crippen molar-refractivity contribution in [3.8, 4) is 0 Å². The number of carbonyl (C=O) groups is 2. The minimum Gasteiger partial charge on any atom is -0.481 e. The number of anilines is 1. The van der Waals surface area contributed by atoms with Crippen LogP contribution < -0.4 is 5.32 Å². The number of hydrogen-bond donors (Lipinski definition) is 2. The molecule has 1 aliphatic rings. The van der Waals surface area contributed by atoms with Crippen LogP contribution in [-0.2, 0) is 9.59 Å². The Morgan fingerprint density at radius 2 is 2.06 bits per heavy atom. The summed E-state index contributed by atoms with van der Waals surface area (Å²) in [6.07, 6.45) is 2.91. The molecule has 1 aromatic rings. The van der Waals surface area contributed by atoms with E-state index in [0.29, 0.717) is 18.5 Å². The molecule has 1 aromatic heterocycles. The van der Waals surface area contributed by atoms with Gasteiger partial charge in [0, 0.05) is 6.07 Å². The number of aromatic nitrogens is 1. The highest BCUT2D eigenvalue weighted by atomic mass is 16.5. The molecule has 0 aromatic carbocycles. The molecule has 0 saturated heterocycles. The Balaban J connectivity index is 2.04. The number of nitrogens with one attached hydrogen (secondary N) is 1. The molecule has 0 aliphatic heterocycles. The van der Waals surface area contributed by atoms with Gasteiger partial charge in [0.25, 0.3) is 0 Å². The van der Waals surface area contributed by atoms with E-state index in [1.807, 2.05) is 0 Å². The van der Waals surface area contributed by atoms with Crippen LogP contribution >= 0.6 is 0 Å². The number of carbonyl (C=O) groups excluding carboxylic acids is 1. The molecule has 0 radical (unpaired) electrons. The lowest BCUT2D eigenvalue weighted by molar-refractivity contribution is -0.147. The largest absolute Gasteiger partial charge is 0.481 e. The number of rotatable bonds is 3. The maximum atomic E-state index is 12.0. The zero-order valence-electron chi connectivity index (χ0n) is 10.2. The van der Waals surface area contributed by atoms with Crippen molar-refractivity contribution in [2.45, 2.75) is 32.6 Å². The highest BCUT2D eigenvalue weighted by Gasteiger charge is 2.35. The fourth-order valence-electron chi connectivity index (χ4n) is 2.38. The summed E-state index contributed by atoms with van der Waals surface area (Å²) in [6, 6.07) is 1.61. The third-order valence-electron chi connectivity index (χ3n) is 3.29. The van der Waals surface area contributed by atoms with Crippen LogP contribution in [0.2, 0.25) is 0 Å². The summed E-state index contributed by atoms with van der Waals surface area (Å²) in [5.41, 5.74) is 0.670. The smallest absolute Gasteiger partial charge is 0.307 e. The van der Waals surface area contributed by atoms with Crippen molar-refractivity contribution in [2.24, 2.45) is 11.8 Å². The molecule has 0 unspecified atom stereocenters. The second-order valence-corrected chi connectivity index (χ2v) is 4.66. The van der Waals surface area contributed by atoms with Crippen LogP contribution in [0, 0.1) is 18.8 Å². The first-order chi connectivity index (χ1) is 8.58. The van der Waals surface area contributed by atoms with Gasteiger partial charge in [0.1, 0.15) is 0 Å². The van der Waals surface area contributed by atoms with Gasteiger partial charge in [-0.25, -0.2) is 0 Å². The maximum absolute atomic E-state index is 12.0. The van der Waals surface area contributed by atoms with Crippen LogP contribution in [0.15, 0.2) is 10.6 Å². The van der Waals surface area contributed by atoms with Crippen molar-refractivity contribution < 1.29 is 19.2 Å². The van der Waals surface area contributed by atoms with E-state index in [0.717, 1.165) is 12.8 Å². The fourth-order valence-corrected chi connectivity index (χ4v) is 2.38. The topological polar surface area (TPSA) is 92.4 Å². The minimum absolute atomic E-state index is 0.271. The van der Waals surface area contributed by atoms with Gasteiger partial charge < -0.3 is 9.63 Å².